The molecule has 23 heavy (non-hydrogen) atoms. The molecule has 0 atom stereocenters. The molecule has 0 aliphatic heterocycles. The molecule has 0 bridgehead atoms. The van der Waals surface area contributed by atoms with Gasteiger partial charge in [-0.15, -0.1) is 0 Å². The van der Waals surface area contributed by atoms with Gasteiger partial charge in [0, 0.05) is 24.4 Å². The maximum absolute atomic E-state index is 12.3. The lowest BCUT2D eigenvalue weighted by Crippen LogP contribution is -2.18. The lowest BCUT2D eigenvalue weighted by Gasteiger charge is -2.11. The minimum atomic E-state index is -0.325. The Balaban J connectivity index is 1.91. The van der Waals surface area contributed by atoms with E-state index in [2.05, 4.69) is 15.4 Å². The van der Waals surface area contributed by atoms with E-state index in [1.54, 1.807) is 29.1 Å². The summed E-state index contributed by atoms with van der Waals surface area (Å²) in [5.74, 6) is 0.862. The third kappa shape index (κ3) is 3.08. The van der Waals surface area contributed by atoms with Gasteiger partial charge in [-0.25, -0.2) is 4.68 Å². The number of aromatic amines is 1. The van der Waals surface area contributed by atoms with Crippen LogP contribution in [0.4, 0.5) is 5.82 Å². The number of aromatic nitrogens is 3. The Hall–Kier alpha value is -3.09. The van der Waals surface area contributed by atoms with Crippen molar-refractivity contribution in [3.63, 3.8) is 0 Å². The fourth-order valence-corrected chi connectivity index (χ4v) is 2.17. The van der Waals surface area contributed by atoms with E-state index in [-0.39, 0.29) is 17.5 Å². The maximum Gasteiger partial charge on any atom is 0.258 e. The van der Waals surface area contributed by atoms with Crippen LogP contribution in [0.15, 0.2) is 52.0 Å². The van der Waals surface area contributed by atoms with Crippen LogP contribution in [0.25, 0.3) is 11.5 Å². The van der Waals surface area contributed by atoms with E-state index in [1.807, 2.05) is 13.8 Å². The molecule has 0 aliphatic rings. The molecule has 0 fully saturated rings. The second kappa shape index (κ2) is 5.96. The summed E-state index contributed by atoms with van der Waals surface area (Å²) in [4.78, 5) is 25.8. The zero-order chi connectivity index (χ0) is 16.4. The van der Waals surface area contributed by atoms with Gasteiger partial charge in [0.1, 0.15) is 11.5 Å². The van der Waals surface area contributed by atoms with Crippen molar-refractivity contribution in [1.29, 1.82) is 0 Å². The molecule has 1 amide bonds. The molecule has 118 valence electrons. The normalized spacial score (nSPS) is 10.9. The zero-order valence-electron chi connectivity index (χ0n) is 12.7. The number of anilines is 1. The van der Waals surface area contributed by atoms with Crippen LogP contribution < -0.4 is 10.9 Å². The first-order valence-electron chi connectivity index (χ1n) is 7.18. The lowest BCUT2D eigenvalue weighted by atomic mass is 10.2. The first-order chi connectivity index (χ1) is 11.0. The SMILES string of the molecule is CC(C)n1nc(-c2ccco2)cc1NC(=O)c1ccc(=O)[nH]c1. The fourth-order valence-electron chi connectivity index (χ4n) is 2.17. The minimum Gasteiger partial charge on any atom is -0.463 e. The molecule has 0 aromatic carbocycles. The molecule has 0 radical (unpaired) electrons. The van der Waals surface area contributed by atoms with E-state index in [9.17, 15) is 9.59 Å². The van der Waals surface area contributed by atoms with Gasteiger partial charge < -0.3 is 14.7 Å². The van der Waals surface area contributed by atoms with E-state index in [4.69, 9.17) is 4.42 Å². The number of carbonyl (C=O) groups is 1. The average molecular weight is 312 g/mol. The van der Waals surface area contributed by atoms with Crippen LogP contribution in [0.5, 0.6) is 0 Å². The van der Waals surface area contributed by atoms with Gasteiger partial charge in [0.25, 0.3) is 5.91 Å². The second-order valence-electron chi connectivity index (χ2n) is 5.33. The van der Waals surface area contributed by atoms with Crippen molar-refractivity contribution in [3.8, 4) is 11.5 Å². The number of nitrogens with zero attached hydrogens (tertiary/aromatic N) is 2. The number of amides is 1. The summed E-state index contributed by atoms with van der Waals surface area (Å²) in [6, 6.07) is 8.18. The summed E-state index contributed by atoms with van der Waals surface area (Å²) >= 11 is 0. The molecule has 3 heterocycles. The van der Waals surface area contributed by atoms with Gasteiger partial charge >= 0.3 is 0 Å². The molecule has 3 aromatic heterocycles. The highest BCUT2D eigenvalue weighted by Crippen LogP contribution is 2.25. The predicted octanol–water partition coefficient (Wildman–Crippen LogP) is 2.66. The van der Waals surface area contributed by atoms with Crippen LogP contribution >= 0.6 is 0 Å². The fraction of sp³-hybridized carbons (Fsp3) is 0.188. The Morgan fingerprint density at radius 2 is 2.17 bits per heavy atom. The predicted molar refractivity (Wildman–Crippen MR) is 85.3 cm³/mol. The average Bonchev–Trinajstić information content (AvgIpc) is 3.16. The van der Waals surface area contributed by atoms with Crippen LogP contribution in [-0.2, 0) is 0 Å². The monoisotopic (exact) mass is 312 g/mol. The van der Waals surface area contributed by atoms with E-state index in [1.165, 1.54) is 18.3 Å². The molecule has 0 saturated carbocycles. The molecule has 0 unspecified atom stereocenters. The maximum atomic E-state index is 12.3. The second-order valence-corrected chi connectivity index (χ2v) is 5.33. The molecular weight excluding hydrogens is 296 g/mol. The molecule has 7 heteroatoms. The van der Waals surface area contributed by atoms with Crippen molar-refractivity contribution in [2.24, 2.45) is 0 Å². The molecule has 2 N–H and O–H groups in total. The Kier molecular flexibility index (Phi) is 3.84. The topological polar surface area (TPSA) is 92.9 Å². The van der Waals surface area contributed by atoms with E-state index in [0.29, 0.717) is 22.8 Å². The summed E-state index contributed by atoms with van der Waals surface area (Å²) in [7, 11) is 0. The number of furan rings is 1. The van der Waals surface area contributed by atoms with Crippen molar-refractivity contribution in [2.45, 2.75) is 19.9 Å². The van der Waals surface area contributed by atoms with Crippen molar-refractivity contribution in [2.75, 3.05) is 5.32 Å². The first-order valence-corrected chi connectivity index (χ1v) is 7.18. The number of pyridine rings is 1. The van der Waals surface area contributed by atoms with Gasteiger partial charge in [0.05, 0.1) is 11.8 Å². The smallest absolute Gasteiger partial charge is 0.258 e. The van der Waals surface area contributed by atoms with Crippen LogP contribution in [0.3, 0.4) is 0 Å². The Labute approximate surface area is 131 Å². The first kappa shape index (κ1) is 14.8. The van der Waals surface area contributed by atoms with Gasteiger partial charge in [-0.05, 0) is 32.0 Å². The van der Waals surface area contributed by atoms with Crippen LogP contribution in [0.2, 0.25) is 0 Å². The van der Waals surface area contributed by atoms with Gasteiger partial charge in [-0.2, -0.15) is 5.10 Å². The highest BCUT2D eigenvalue weighted by Gasteiger charge is 2.16. The van der Waals surface area contributed by atoms with Crippen LogP contribution in [0.1, 0.15) is 30.2 Å². The Morgan fingerprint density at radius 1 is 1.35 bits per heavy atom. The molecule has 3 aromatic rings. The summed E-state index contributed by atoms with van der Waals surface area (Å²) in [6.45, 7) is 3.93. The molecular formula is C16H16N4O3. The van der Waals surface area contributed by atoms with Gasteiger partial charge in [0.2, 0.25) is 5.56 Å². The van der Waals surface area contributed by atoms with Crippen molar-refractivity contribution in [3.05, 3.63) is 58.7 Å². The standard InChI is InChI=1S/C16H16N4O3/c1-10(2)20-14(8-12(19-20)13-4-3-7-23-13)18-16(22)11-5-6-15(21)17-9-11/h3-10H,1-2H3,(H,17,21)(H,18,22). The van der Waals surface area contributed by atoms with E-state index in [0.717, 1.165) is 0 Å². The lowest BCUT2D eigenvalue weighted by molar-refractivity contribution is 0.102. The van der Waals surface area contributed by atoms with Gasteiger partial charge in [-0.1, -0.05) is 0 Å². The molecule has 0 saturated heterocycles. The molecule has 0 aliphatic carbocycles. The summed E-state index contributed by atoms with van der Waals surface area (Å²) in [6.07, 6.45) is 2.95. The van der Waals surface area contributed by atoms with Gasteiger partial charge in [0.15, 0.2) is 5.76 Å². The highest BCUT2D eigenvalue weighted by atomic mass is 16.3. The van der Waals surface area contributed by atoms with Crippen LogP contribution in [0, 0.1) is 0 Å². The summed E-state index contributed by atoms with van der Waals surface area (Å²) < 4.78 is 7.05. The van der Waals surface area contributed by atoms with Crippen molar-refractivity contribution >= 4 is 11.7 Å². The third-order valence-electron chi connectivity index (χ3n) is 3.29. The zero-order valence-corrected chi connectivity index (χ0v) is 12.7. The van der Waals surface area contributed by atoms with E-state index >= 15 is 0 Å². The largest absolute Gasteiger partial charge is 0.463 e. The third-order valence-corrected chi connectivity index (χ3v) is 3.29. The number of hydrogen-bond acceptors (Lipinski definition) is 4. The Bertz CT molecular complexity index is 855. The minimum absolute atomic E-state index is 0.0598. The number of rotatable bonds is 4. The summed E-state index contributed by atoms with van der Waals surface area (Å²) in [5.41, 5.74) is 0.745. The van der Waals surface area contributed by atoms with Crippen LogP contribution in [-0.4, -0.2) is 20.7 Å². The number of H-pyrrole nitrogens is 1. The number of nitrogens with one attached hydrogen (secondary N) is 2. The van der Waals surface area contributed by atoms with E-state index < -0.39 is 0 Å². The highest BCUT2D eigenvalue weighted by molar-refractivity contribution is 6.03. The molecule has 3 rings (SSSR count). The number of carbonyl (C=O) groups excluding carboxylic acids is 1. The molecule has 0 spiro atoms. The van der Waals surface area contributed by atoms with Crippen molar-refractivity contribution < 1.29 is 9.21 Å². The Morgan fingerprint density at radius 3 is 2.78 bits per heavy atom. The molecule has 7 nitrogen and oxygen atoms in total. The van der Waals surface area contributed by atoms with Gasteiger partial charge in [-0.3, -0.25) is 9.59 Å². The van der Waals surface area contributed by atoms with Crippen molar-refractivity contribution in [1.82, 2.24) is 14.8 Å². The summed E-state index contributed by atoms with van der Waals surface area (Å²) in [5, 5.41) is 7.27. The quantitative estimate of drug-likeness (QED) is 0.774. The number of hydrogen-bond donors (Lipinski definition) is 2.